The van der Waals surface area contributed by atoms with Crippen LogP contribution in [0.3, 0.4) is 0 Å². The highest BCUT2D eigenvalue weighted by Gasteiger charge is 2.53. The molecule has 1 saturated heterocycles. The molecule has 1 saturated carbocycles. The van der Waals surface area contributed by atoms with Crippen LogP contribution >= 0.6 is 0 Å². The number of hydrogen-bond donors (Lipinski definition) is 0. The molecule has 0 N–H and O–H groups in total. The SMILES string of the molecule is C=CCN1CC[C@@]2(c3cccc(OC)c3)C[C@@H](N(CC(C)C)C(=O)c3ccc4ccccc4c3)CC(OC)[C@@H]2C1. The van der Waals surface area contributed by atoms with E-state index in [1.165, 1.54) is 5.56 Å². The van der Waals surface area contributed by atoms with Crippen LogP contribution in [0.15, 0.2) is 79.4 Å². The molecular weight excluding hydrogens is 496 g/mol. The van der Waals surface area contributed by atoms with Crippen molar-refractivity contribution in [2.45, 2.75) is 50.7 Å². The summed E-state index contributed by atoms with van der Waals surface area (Å²) in [5.74, 6) is 1.65. The fourth-order valence-corrected chi connectivity index (χ4v) is 7.29. The van der Waals surface area contributed by atoms with Crippen LogP contribution in [0.1, 0.15) is 49.0 Å². The summed E-state index contributed by atoms with van der Waals surface area (Å²) in [5.41, 5.74) is 1.94. The summed E-state index contributed by atoms with van der Waals surface area (Å²) in [6.07, 6.45) is 4.80. The summed E-state index contributed by atoms with van der Waals surface area (Å²) in [6.45, 7) is 11.9. The largest absolute Gasteiger partial charge is 0.497 e. The first-order chi connectivity index (χ1) is 19.4. The topological polar surface area (TPSA) is 42.0 Å². The van der Waals surface area contributed by atoms with Crippen molar-refractivity contribution in [2.24, 2.45) is 11.8 Å². The molecule has 0 aromatic heterocycles. The van der Waals surface area contributed by atoms with E-state index in [0.29, 0.717) is 18.4 Å². The molecule has 5 nitrogen and oxygen atoms in total. The Morgan fingerprint density at radius 1 is 1.10 bits per heavy atom. The third-order valence-corrected chi connectivity index (χ3v) is 9.19. The molecule has 0 spiro atoms. The molecule has 0 radical (unpaired) electrons. The van der Waals surface area contributed by atoms with Gasteiger partial charge in [0.25, 0.3) is 5.91 Å². The van der Waals surface area contributed by atoms with Gasteiger partial charge in [-0.05, 0) is 72.3 Å². The van der Waals surface area contributed by atoms with E-state index in [2.05, 4.69) is 72.7 Å². The first kappa shape index (κ1) is 28.4. The lowest BCUT2D eigenvalue weighted by Crippen LogP contribution is -2.62. The van der Waals surface area contributed by atoms with E-state index >= 15 is 0 Å². The number of likely N-dealkylation sites (tertiary alicyclic amines) is 1. The van der Waals surface area contributed by atoms with Gasteiger partial charge in [0, 0.05) is 49.7 Å². The highest BCUT2D eigenvalue weighted by Crippen LogP contribution is 2.51. The average molecular weight is 541 g/mol. The number of methoxy groups -OCH3 is 2. The van der Waals surface area contributed by atoms with Gasteiger partial charge in [-0.15, -0.1) is 6.58 Å². The molecular formula is C35H44N2O3. The van der Waals surface area contributed by atoms with Crippen molar-refractivity contribution in [2.75, 3.05) is 40.4 Å². The summed E-state index contributed by atoms with van der Waals surface area (Å²) in [6, 6.07) is 23.0. The van der Waals surface area contributed by atoms with Gasteiger partial charge in [-0.2, -0.15) is 0 Å². The van der Waals surface area contributed by atoms with E-state index in [1.807, 2.05) is 37.5 Å². The maximum atomic E-state index is 14.3. The Morgan fingerprint density at radius 3 is 2.62 bits per heavy atom. The second-order valence-corrected chi connectivity index (χ2v) is 12.1. The van der Waals surface area contributed by atoms with Gasteiger partial charge in [0.15, 0.2) is 0 Å². The van der Waals surface area contributed by atoms with Crippen LogP contribution in [0, 0.1) is 11.8 Å². The minimum Gasteiger partial charge on any atom is -0.497 e. The maximum Gasteiger partial charge on any atom is 0.254 e. The zero-order valence-corrected chi connectivity index (χ0v) is 24.5. The van der Waals surface area contributed by atoms with Crippen molar-refractivity contribution in [1.29, 1.82) is 0 Å². The van der Waals surface area contributed by atoms with Gasteiger partial charge in [-0.3, -0.25) is 9.69 Å². The van der Waals surface area contributed by atoms with Gasteiger partial charge in [0.05, 0.1) is 13.2 Å². The van der Waals surface area contributed by atoms with Crippen LogP contribution in [0.4, 0.5) is 0 Å². The van der Waals surface area contributed by atoms with Crippen LogP contribution in [0.5, 0.6) is 5.75 Å². The molecule has 5 rings (SSSR count). The molecule has 5 heteroatoms. The van der Waals surface area contributed by atoms with Gasteiger partial charge in [0.2, 0.25) is 0 Å². The van der Waals surface area contributed by atoms with Crippen LogP contribution < -0.4 is 4.74 Å². The molecule has 0 bridgehead atoms. The van der Waals surface area contributed by atoms with E-state index in [4.69, 9.17) is 9.47 Å². The molecule has 1 amide bonds. The van der Waals surface area contributed by atoms with Crippen molar-refractivity contribution in [3.8, 4) is 5.75 Å². The van der Waals surface area contributed by atoms with Crippen molar-refractivity contribution < 1.29 is 14.3 Å². The standard InChI is InChI=1S/C35H44N2O3/c1-6-17-36-18-16-35(29-12-9-13-31(20-29)39-4)22-30(21-33(40-5)32(35)24-36)37(23-25(2)3)34(38)28-15-14-26-10-7-8-11-27(26)19-28/h6-15,19-20,25,30,32-33H,1,16-18,21-24H2,2-5H3/t30-,32-,33?,35-/m0/s1. The van der Waals surface area contributed by atoms with Crippen molar-refractivity contribution in [3.05, 3.63) is 90.5 Å². The number of ether oxygens (including phenoxy) is 2. The van der Waals surface area contributed by atoms with E-state index < -0.39 is 0 Å². The minimum absolute atomic E-state index is 0.0385. The lowest BCUT2D eigenvalue weighted by Gasteiger charge is -2.57. The number of nitrogens with zero attached hydrogens (tertiary/aromatic N) is 2. The van der Waals surface area contributed by atoms with Crippen LogP contribution in [0.25, 0.3) is 10.8 Å². The predicted molar refractivity (Wildman–Crippen MR) is 163 cm³/mol. The number of hydrogen-bond acceptors (Lipinski definition) is 4. The molecule has 4 atom stereocenters. The fraction of sp³-hybridized carbons (Fsp3) is 0.457. The van der Waals surface area contributed by atoms with Crippen LogP contribution in [-0.2, 0) is 10.2 Å². The summed E-state index contributed by atoms with van der Waals surface area (Å²) in [5, 5.41) is 2.25. The lowest BCUT2D eigenvalue weighted by atomic mass is 9.56. The second-order valence-electron chi connectivity index (χ2n) is 12.1. The number of benzene rings is 3. The summed E-state index contributed by atoms with van der Waals surface area (Å²) in [7, 11) is 3.57. The van der Waals surface area contributed by atoms with Gasteiger partial charge in [0.1, 0.15) is 5.75 Å². The number of carbonyl (C=O) groups is 1. The summed E-state index contributed by atoms with van der Waals surface area (Å²) < 4.78 is 12.0. The third-order valence-electron chi connectivity index (χ3n) is 9.19. The molecule has 1 aliphatic heterocycles. The fourth-order valence-electron chi connectivity index (χ4n) is 7.29. The number of amides is 1. The Morgan fingerprint density at radius 2 is 1.90 bits per heavy atom. The van der Waals surface area contributed by atoms with E-state index in [0.717, 1.165) is 61.0 Å². The third kappa shape index (κ3) is 5.55. The molecule has 212 valence electrons. The van der Waals surface area contributed by atoms with Gasteiger partial charge < -0.3 is 14.4 Å². The monoisotopic (exact) mass is 540 g/mol. The maximum absolute atomic E-state index is 14.3. The first-order valence-corrected chi connectivity index (χ1v) is 14.7. The molecule has 2 fully saturated rings. The van der Waals surface area contributed by atoms with E-state index in [-0.39, 0.29) is 23.5 Å². The van der Waals surface area contributed by atoms with E-state index in [9.17, 15) is 4.79 Å². The summed E-state index contributed by atoms with van der Waals surface area (Å²) >= 11 is 0. The lowest BCUT2D eigenvalue weighted by molar-refractivity contribution is -0.0804. The van der Waals surface area contributed by atoms with Crippen molar-refractivity contribution in [1.82, 2.24) is 9.80 Å². The molecule has 40 heavy (non-hydrogen) atoms. The molecule has 1 unspecified atom stereocenters. The van der Waals surface area contributed by atoms with Gasteiger partial charge >= 0.3 is 0 Å². The molecule has 1 aliphatic carbocycles. The molecule has 3 aromatic carbocycles. The Bertz CT molecular complexity index is 1340. The average Bonchev–Trinajstić information content (AvgIpc) is 2.98. The second kappa shape index (κ2) is 12.2. The number of carbonyl (C=O) groups excluding carboxylic acids is 1. The zero-order valence-electron chi connectivity index (χ0n) is 24.5. The van der Waals surface area contributed by atoms with Crippen molar-refractivity contribution in [3.63, 3.8) is 0 Å². The van der Waals surface area contributed by atoms with Crippen LogP contribution in [-0.4, -0.2) is 68.3 Å². The number of rotatable bonds is 9. The minimum atomic E-state index is -0.116. The highest BCUT2D eigenvalue weighted by atomic mass is 16.5. The smallest absolute Gasteiger partial charge is 0.254 e. The predicted octanol–water partition coefficient (Wildman–Crippen LogP) is 6.57. The Hall–Kier alpha value is -3.15. The highest BCUT2D eigenvalue weighted by molar-refractivity contribution is 5.98. The zero-order chi connectivity index (χ0) is 28.3. The Balaban J connectivity index is 1.55. The Kier molecular flexibility index (Phi) is 8.62. The number of piperidine rings is 1. The molecule has 1 heterocycles. The Labute approximate surface area is 239 Å². The van der Waals surface area contributed by atoms with Crippen molar-refractivity contribution >= 4 is 16.7 Å². The normalized spacial score (nSPS) is 25.0. The quantitative estimate of drug-likeness (QED) is 0.288. The van der Waals surface area contributed by atoms with Gasteiger partial charge in [-0.1, -0.05) is 62.4 Å². The molecule has 2 aliphatic rings. The first-order valence-electron chi connectivity index (χ1n) is 14.7. The van der Waals surface area contributed by atoms with E-state index in [1.54, 1.807) is 7.11 Å². The molecule has 3 aromatic rings. The number of fused-ring (bicyclic) bond motifs is 2. The summed E-state index contributed by atoms with van der Waals surface area (Å²) in [4.78, 5) is 19.0. The van der Waals surface area contributed by atoms with Gasteiger partial charge in [-0.25, -0.2) is 0 Å². The van der Waals surface area contributed by atoms with Crippen LogP contribution in [0.2, 0.25) is 0 Å².